The van der Waals surface area contributed by atoms with Gasteiger partial charge < -0.3 is 30.0 Å². The van der Waals surface area contributed by atoms with Crippen molar-refractivity contribution in [2.24, 2.45) is 5.92 Å². The maximum absolute atomic E-state index is 14.1. The molecule has 3 amide bonds. The molecule has 1 aliphatic rings. The smallest absolute Gasteiger partial charge is 0.417 e. The monoisotopic (exact) mass is 766 g/mol. The maximum atomic E-state index is 14.1. The van der Waals surface area contributed by atoms with Crippen molar-refractivity contribution in [3.8, 4) is 17.4 Å². The SMILES string of the molecule is CCc1nc(OC(=O)N(C)[C@H](C(=O)N[C@@H](Cc2ccccc2)[C@H](O)CN2CCN(Cc3ccc(OC)c(OC)c3)C[C@H]2C(=O)NC(C)(C)C)C(C)C)cs1. The number of hydrogen-bond acceptors (Lipinski definition) is 11. The van der Waals surface area contributed by atoms with Gasteiger partial charge in [-0.05, 0) is 62.8 Å². The number of likely N-dealkylation sites (N-methyl/N-ethyl adjacent to an activating group) is 1. The number of carbonyl (C=O) groups excluding carboxylic acids is 3. The van der Waals surface area contributed by atoms with Crippen LogP contribution in [0.25, 0.3) is 0 Å². The first kappa shape index (κ1) is 42.5. The molecule has 0 spiro atoms. The molecule has 4 rings (SSSR count). The first-order valence-corrected chi connectivity index (χ1v) is 19.4. The Labute approximate surface area is 324 Å². The number of rotatable bonds is 16. The van der Waals surface area contributed by atoms with Crippen LogP contribution in [-0.4, -0.2) is 120 Å². The van der Waals surface area contributed by atoms with Crippen LogP contribution in [0.2, 0.25) is 0 Å². The lowest BCUT2D eigenvalue weighted by molar-refractivity contribution is -0.132. The van der Waals surface area contributed by atoms with Crippen LogP contribution in [0.15, 0.2) is 53.9 Å². The van der Waals surface area contributed by atoms with Gasteiger partial charge in [0.15, 0.2) is 11.5 Å². The lowest BCUT2D eigenvalue weighted by atomic mass is 9.97. The van der Waals surface area contributed by atoms with E-state index < -0.39 is 41.8 Å². The van der Waals surface area contributed by atoms with Gasteiger partial charge in [0.2, 0.25) is 17.7 Å². The van der Waals surface area contributed by atoms with Crippen LogP contribution < -0.4 is 24.8 Å². The number of ether oxygens (including phenoxy) is 3. The molecule has 4 atom stereocenters. The zero-order valence-corrected chi connectivity index (χ0v) is 33.9. The molecular formula is C40H58N6O7S. The number of methoxy groups -OCH3 is 2. The van der Waals surface area contributed by atoms with Crippen molar-refractivity contribution in [3.63, 3.8) is 0 Å². The van der Waals surface area contributed by atoms with Gasteiger partial charge in [-0.15, -0.1) is 11.3 Å². The zero-order chi connectivity index (χ0) is 39.6. The molecule has 296 valence electrons. The number of benzene rings is 2. The van der Waals surface area contributed by atoms with Crippen molar-refractivity contribution in [3.05, 3.63) is 70.0 Å². The van der Waals surface area contributed by atoms with E-state index in [2.05, 4.69) is 20.5 Å². The molecular weight excluding hydrogens is 709 g/mol. The van der Waals surface area contributed by atoms with Crippen molar-refractivity contribution in [1.29, 1.82) is 0 Å². The minimum Gasteiger partial charge on any atom is -0.493 e. The van der Waals surface area contributed by atoms with Gasteiger partial charge in [0.1, 0.15) is 12.1 Å². The molecule has 2 heterocycles. The van der Waals surface area contributed by atoms with Gasteiger partial charge >= 0.3 is 6.09 Å². The summed E-state index contributed by atoms with van der Waals surface area (Å²) in [7, 11) is 4.73. The molecule has 1 fully saturated rings. The van der Waals surface area contributed by atoms with Gasteiger partial charge in [-0.3, -0.25) is 24.3 Å². The first-order chi connectivity index (χ1) is 25.6. The number of nitrogens with zero attached hydrogens (tertiary/aromatic N) is 4. The molecule has 1 saturated heterocycles. The van der Waals surface area contributed by atoms with Gasteiger partial charge in [-0.25, -0.2) is 9.78 Å². The molecule has 0 aliphatic carbocycles. The van der Waals surface area contributed by atoms with E-state index >= 15 is 0 Å². The van der Waals surface area contributed by atoms with E-state index in [0.29, 0.717) is 44.1 Å². The molecule has 2 aromatic carbocycles. The van der Waals surface area contributed by atoms with Crippen LogP contribution in [-0.2, 0) is 29.0 Å². The summed E-state index contributed by atoms with van der Waals surface area (Å²) in [5.41, 5.74) is 1.48. The van der Waals surface area contributed by atoms with Crippen LogP contribution in [0, 0.1) is 5.92 Å². The third-order valence-corrected chi connectivity index (χ3v) is 10.3. The number of carbonyl (C=O) groups is 3. The van der Waals surface area contributed by atoms with E-state index in [1.165, 1.54) is 23.3 Å². The fourth-order valence-corrected chi connectivity index (χ4v) is 7.32. The quantitative estimate of drug-likeness (QED) is 0.192. The Kier molecular flexibility index (Phi) is 15.3. The number of aliphatic hydroxyl groups excluding tert-OH is 1. The number of aromatic nitrogens is 1. The van der Waals surface area contributed by atoms with Crippen molar-refractivity contribution in [2.75, 3.05) is 47.4 Å². The van der Waals surface area contributed by atoms with Crippen LogP contribution >= 0.6 is 11.3 Å². The normalized spacial score (nSPS) is 17.0. The van der Waals surface area contributed by atoms with E-state index in [-0.39, 0.29) is 24.2 Å². The Morgan fingerprint density at radius 3 is 2.35 bits per heavy atom. The van der Waals surface area contributed by atoms with Gasteiger partial charge in [-0.2, -0.15) is 0 Å². The Morgan fingerprint density at radius 2 is 1.74 bits per heavy atom. The third-order valence-electron chi connectivity index (χ3n) is 9.37. The second kappa shape index (κ2) is 19.4. The topological polar surface area (TPSA) is 146 Å². The summed E-state index contributed by atoms with van der Waals surface area (Å²) < 4.78 is 16.4. The summed E-state index contributed by atoms with van der Waals surface area (Å²) in [6.45, 7) is 13.8. The number of amides is 3. The number of aryl methyl sites for hydroxylation is 1. The van der Waals surface area contributed by atoms with Crippen molar-refractivity contribution >= 4 is 29.2 Å². The van der Waals surface area contributed by atoms with Crippen LogP contribution in [0.1, 0.15) is 57.7 Å². The number of nitrogens with one attached hydrogen (secondary N) is 2. The highest BCUT2D eigenvalue weighted by atomic mass is 32.1. The average molecular weight is 767 g/mol. The molecule has 1 aromatic heterocycles. The summed E-state index contributed by atoms with van der Waals surface area (Å²) in [6.07, 6.45) is -0.694. The number of β-amino-alcohol motifs (C(OH)–C–C–N with tert-alkyl or cyclic N) is 1. The van der Waals surface area contributed by atoms with Crippen LogP contribution in [0.5, 0.6) is 17.4 Å². The standard InChI is InChI=1S/C40H58N6O7S/c1-10-35-42-34(25-54-35)53-39(50)44(7)36(26(2)3)38(49)41-29(20-27-14-12-11-13-15-27)31(47)24-46-19-18-45(23-30(46)37(48)43-40(4,5)6)22-28-16-17-32(51-8)33(21-28)52-9/h11-17,21,25-26,29-31,36,47H,10,18-20,22-24H2,1-9H3,(H,41,49)(H,43,48)/t29-,30-,31+,36-/m0/s1. The number of piperazine rings is 1. The highest BCUT2D eigenvalue weighted by Crippen LogP contribution is 2.29. The fraction of sp³-hybridized carbons (Fsp3) is 0.550. The maximum Gasteiger partial charge on any atom is 0.417 e. The summed E-state index contributed by atoms with van der Waals surface area (Å²) in [4.78, 5) is 51.0. The Bertz CT molecular complexity index is 1680. The van der Waals surface area contributed by atoms with Gasteiger partial charge in [0.05, 0.1) is 36.8 Å². The number of thiazole rings is 1. The van der Waals surface area contributed by atoms with Crippen molar-refractivity contribution < 1.29 is 33.7 Å². The minimum absolute atomic E-state index is 0.137. The van der Waals surface area contributed by atoms with Crippen LogP contribution in [0.4, 0.5) is 4.79 Å². The van der Waals surface area contributed by atoms with Gasteiger partial charge in [0.25, 0.3) is 0 Å². The van der Waals surface area contributed by atoms with Gasteiger partial charge in [0, 0.05) is 45.3 Å². The predicted molar refractivity (Wildman–Crippen MR) is 210 cm³/mol. The highest BCUT2D eigenvalue weighted by Gasteiger charge is 2.38. The average Bonchev–Trinajstić information content (AvgIpc) is 3.58. The lowest BCUT2D eigenvalue weighted by Crippen LogP contribution is -2.63. The Hall–Kier alpha value is -4.24. The van der Waals surface area contributed by atoms with E-state index in [1.54, 1.807) is 19.6 Å². The number of hydrogen-bond donors (Lipinski definition) is 3. The minimum atomic E-state index is -1.05. The second-order valence-corrected chi connectivity index (χ2v) is 16.1. The Balaban J connectivity index is 1.53. The molecule has 3 N–H and O–H groups in total. The van der Waals surface area contributed by atoms with E-state index in [9.17, 15) is 19.5 Å². The van der Waals surface area contributed by atoms with E-state index in [4.69, 9.17) is 14.2 Å². The molecule has 14 heteroatoms. The predicted octanol–water partition coefficient (Wildman–Crippen LogP) is 4.37. The summed E-state index contributed by atoms with van der Waals surface area (Å²) >= 11 is 1.40. The highest BCUT2D eigenvalue weighted by molar-refractivity contribution is 7.09. The van der Waals surface area contributed by atoms with Crippen molar-refractivity contribution in [1.82, 2.24) is 30.3 Å². The summed E-state index contributed by atoms with van der Waals surface area (Å²) in [5.74, 6) is 0.649. The molecule has 0 radical (unpaired) electrons. The van der Waals surface area contributed by atoms with Gasteiger partial charge in [-0.1, -0.05) is 57.2 Å². The zero-order valence-electron chi connectivity index (χ0n) is 33.1. The molecule has 0 saturated carbocycles. The third kappa shape index (κ3) is 11.9. The molecule has 1 aliphatic heterocycles. The fourth-order valence-electron chi connectivity index (χ4n) is 6.67. The van der Waals surface area contributed by atoms with Crippen molar-refractivity contribution in [2.45, 2.75) is 90.7 Å². The summed E-state index contributed by atoms with van der Waals surface area (Å²) in [6, 6.07) is 13.2. The molecule has 0 unspecified atom stereocenters. The molecule has 13 nitrogen and oxygen atoms in total. The molecule has 0 bridgehead atoms. The largest absolute Gasteiger partial charge is 0.493 e. The molecule has 54 heavy (non-hydrogen) atoms. The lowest BCUT2D eigenvalue weighted by Gasteiger charge is -2.43. The molecule has 3 aromatic rings. The van der Waals surface area contributed by atoms with Crippen LogP contribution in [0.3, 0.4) is 0 Å². The summed E-state index contributed by atoms with van der Waals surface area (Å²) in [5, 5.41) is 20.7. The Morgan fingerprint density at radius 1 is 1.04 bits per heavy atom. The van der Waals surface area contributed by atoms with E-state index in [1.807, 2.05) is 95.0 Å². The number of aliphatic hydroxyl groups is 1. The van der Waals surface area contributed by atoms with E-state index in [0.717, 1.165) is 22.6 Å². The second-order valence-electron chi connectivity index (χ2n) is 15.1. The first-order valence-electron chi connectivity index (χ1n) is 18.5.